The molecule has 3 rings (SSSR count). The molecule has 3 N–H and O–H groups in total. The number of hydrogen-bond acceptors (Lipinski definition) is 5. The Morgan fingerprint density at radius 3 is 2.89 bits per heavy atom. The zero-order chi connectivity index (χ0) is 12.4. The lowest BCUT2D eigenvalue weighted by molar-refractivity contribution is 1.08. The van der Waals surface area contributed by atoms with Crippen molar-refractivity contribution >= 4 is 23.2 Å². The topological polar surface area (TPSA) is 95.2 Å². The van der Waals surface area contributed by atoms with Gasteiger partial charge in [-0.25, -0.2) is 9.97 Å². The van der Waals surface area contributed by atoms with Crippen LogP contribution in [0.15, 0.2) is 30.9 Å². The van der Waals surface area contributed by atoms with E-state index in [1.807, 2.05) is 0 Å². The molecule has 3 heterocycles. The first-order valence-electron chi connectivity index (χ1n) is 5.11. The van der Waals surface area contributed by atoms with Crippen molar-refractivity contribution in [1.29, 1.82) is 0 Å². The zero-order valence-electron chi connectivity index (χ0n) is 9.05. The second kappa shape index (κ2) is 4.46. The molecule has 0 aliphatic heterocycles. The molecule has 3 aromatic heterocycles. The molecule has 3 aromatic rings. The molecule has 0 amide bonds. The Hall–Kier alpha value is -2.41. The molecule has 0 aromatic carbocycles. The number of nitrogens with zero attached hydrogens (tertiary/aromatic N) is 4. The van der Waals surface area contributed by atoms with Crippen molar-refractivity contribution in [2.75, 3.05) is 5.32 Å². The Kier molecular flexibility index (Phi) is 2.66. The summed E-state index contributed by atoms with van der Waals surface area (Å²) in [5, 5.41) is 16.7. The highest BCUT2D eigenvalue weighted by Gasteiger charge is 2.09. The summed E-state index contributed by atoms with van der Waals surface area (Å²) in [6.45, 7) is 0. The van der Waals surface area contributed by atoms with Crippen molar-refractivity contribution in [3.63, 3.8) is 0 Å². The summed E-state index contributed by atoms with van der Waals surface area (Å²) in [6, 6.07) is 1.79. The van der Waals surface area contributed by atoms with Crippen LogP contribution in [0.25, 0.3) is 11.4 Å². The highest BCUT2D eigenvalue weighted by Crippen LogP contribution is 2.24. The van der Waals surface area contributed by atoms with E-state index in [0.717, 1.165) is 11.4 Å². The summed E-state index contributed by atoms with van der Waals surface area (Å²) < 4.78 is 0. The molecular formula is C10H8ClN7. The van der Waals surface area contributed by atoms with Crippen LogP contribution in [-0.4, -0.2) is 30.4 Å². The minimum absolute atomic E-state index is 0.436. The minimum atomic E-state index is 0.436. The molecule has 0 fully saturated rings. The number of anilines is 2. The molecule has 8 heteroatoms. The van der Waals surface area contributed by atoms with E-state index in [0.29, 0.717) is 16.7 Å². The fourth-order valence-electron chi connectivity index (χ4n) is 1.45. The highest BCUT2D eigenvalue weighted by molar-refractivity contribution is 6.32. The van der Waals surface area contributed by atoms with Gasteiger partial charge in [-0.1, -0.05) is 11.6 Å². The number of halogens is 1. The van der Waals surface area contributed by atoms with Gasteiger partial charge in [-0.2, -0.15) is 10.2 Å². The van der Waals surface area contributed by atoms with E-state index in [4.69, 9.17) is 11.6 Å². The summed E-state index contributed by atoms with van der Waals surface area (Å²) in [4.78, 5) is 8.42. The van der Waals surface area contributed by atoms with Crippen LogP contribution in [0.1, 0.15) is 0 Å². The Morgan fingerprint density at radius 1 is 1.22 bits per heavy atom. The molecule has 90 valence electrons. The van der Waals surface area contributed by atoms with Crippen LogP contribution in [0, 0.1) is 0 Å². The number of hydrogen-bond donors (Lipinski definition) is 3. The van der Waals surface area contributed by atoms with Crippen molar-refractivity contribution < 1.29 is 0 Å². The molecule has 0 saturated heterocycles. The van der Waals surface area contributed by atoms with E-state index in [1.165, 1.54) is 6.20 Å². The third kappa shape index (κ3) is 2.03. The fraction of sp³-hybridized carbons (Fsp3) is 0. The highest BCUT2D eigenvalue weighted by atomic mass is 35.5. The van der Waals surface area contributed by atoms with Gasteiger partial charge in [0.2, 0.25) is 5.95 Å². The van der Waals surface area contributed by atoms with Gasteiger partial charge in [-0.15, -0.1) is 0 Å². The molecular weight excluding hydrogens is 254 g/mol. The van der Waals surface area contributed by atoms with Crippen molar-refractivity contribution in [3.05, 3.63) is 35.9 Å². The minimum Gasteiger partial charge on any atom is -0.321 e. The second-order valence-corrected chi connectivity index (χ2v) is 3.88. The first-order chi connectivity index (χ1) is 8.83. The first kappa shape index (κ1) is 10.7. The molecule has 0 spiro atoms. The van der Waals surface area contributed by atoms with Crippen LogP contribution in [0.4, 0.5) is 11.6 Å². The smallest absolute Gasteiger partial charge is 0.227 e. The van der Waals surface area contributed by atoms with Gasteiger partial charge in [-0.3, -0.25) is 10.2 Å². The van der Waals surface area contributed by atoms with Gasteiger partial charge in [0, 0.05) is 12.4 Å². The Bertz CT molecular complexity index is 632. The van der Waals surface area contributed by atoms with E-state index < -0.39 is 0 Å². The number of aromatic nitrogens is 6. The lowest BCUT2D eigenvalue weighted by Crippen LogP contribution is -1.98. The lowest BCUT2D eigenvalue weighted by Gasteiger charge is -2.04. The van der Waals surface area contributed by atoms with Crippen LogP contribution in [-0.2, 0) is 0 Å². The third-order valence-electron chi connectivity index (χ3n) is 2.25. The van der Waals surface area contributed by atoms with Crippen molar-refractivity contribution in [3.8, 4) is 11.4 Å². The van der Waals surface area contributed by atoms with Gasteiger partial charge < -0.3 is 5.32 Å². The zero-order valence-corrected chi connectivity index (χ0v) is 9.81. The van der Waals surface area contributed by atoms with E-state index in [-0.39, 0.29) is 0 Å². The predicted octanol–water partition coefficient (Wildman–Crippen LogP) is 1.99. The van der Waals surface area contributed by atoms with Crippen LogP contribution in [0.5, 0.6) is 0 Å². The molecule has 0 radical (unpaired) electrons. The van der Waals surface area contributed by atoms with Gasteiger partial charge >= 0.3 is 0 Å². The summed E-state index contributed by atoms with van der Waals surface area (Å²) in [5.74, 6) is 0.436. The molecule has 0 aliphatic carbocycles. The Labute approximate surface area is 107 Å². The van der Waals surface area contributed by atoms with Crippen molar-refractivity contribution in [1.82, 2.24) is 30.4 Å². The van der Waals surface area contributed by atoms with E-state index in [9.17, 15) is 0 Å². The summed E-state index contributed by atoms with van der Waals surface area (Å²) in [7, 11) is 0. The van der Waals surface area contributed by atoms with Gasteiger partial charge in [-0.05, 0) is 6.07 Å². The standard InChI is InChI=1S/C10H8ClN7/c11-7-5-12-10(16-6-3-14-15-4-6)17-9(7)8-1-2-13-18-8/h1-5H,(H,13,18)(H,14,15)(H,12,16,17). The molecule has 0 saturated carbocycles. The van der Waals surface area contributed by atoms with Gasteiger partial charge in [0.25, 0.3) is 0 Å². The largest absolute Gasteiger partial charge is 0.321 e. The summed E-state index contributed by atoms with van der Waals surface area (Å²) in [5.41, 5.74) is 2.10. The van der Waals surface area contributed by atoms with E-state index in [1.54, 1.807) is 24.7 Å². The monoisotopic (exact) mass is 261 g/mol. The third-order valence-corrected chi connectivity index (χ3v) is 2.53. The molecule has 18 heavy (non-hydrogen) atoms. The molecule has 0 atom stereocenters. The van der Waals surface area contributed by atoms with Crippen LogP contribution in [0.3, 0.4) is 0 Å². The average molecular weight is 262 g/mol. The second-order valence-electron chi connectivity index (χ2n) is 3.47. The van der Waals surface area contributed by atoms with Crippen molar-refractivity contribution in [2.45, 2.75) is 0 Å². The maximum atomic E-state index is 6.05. The van der Waals surface area contributed by atoms with Gasteiger partial charge in [0.15, 0.2) is 0 Å². The normalized spacial score (nSPS) is 10.5. The quantitative estimate of drug-likeness (QED) is 0.670. The predicted molar refractivity (Wildman–Crippen MR) is 66.5 cm³/mol. The maximum Gasteiger partial charge on any atom is 0.227 e. The molecule has 0 bridgehead atoms. The van der Waals surface area contributed by atoms with E-state index >= 15 is 0 Å². The van der Waals surface area contributed by atoms with Crippen LogP contribution >= 0.6 is 11.6 Å². The first-order valence-corrected chi connectivity index (χ1v) is 5.49. The van der Waals surface area contributed by atoms with Gasteiger partial charge in [0.1, 0.15) is 5.69 Å². The number of nitrogens with one attached hydrogen (secondary N) is 3. The lowest BCUT2D eigenvalue weighted by atomic mass is 10.3. The number of H-pyrrole nitrogens is 2. The summed E-state index contributed by atoms with van der Waals surface area (Å²) >= 11 is 6.05. The fourth-order valence-corrected chi connectivity index (χ4v) is 1.65. The van der Waals surface area contributed by atoms with Crippen LogP contribution < -0.4 is 5.32 Å². The maximum absolute atomic E-state index is 6.05. The molecule has 0 unspecified atom stereocenters. The molecule has 0 aliphatic rings. The summed E-state index contributed by atoms with van der Waals surface area (Å²) in [6.07, 6.45) is 6.51. The number of rotatable bonds is 3. The van der Waals surface area contributed by atoms with Crippen molar-refractivity contribution in [2.24, 2.45) is 0 Å². The average Bonchev–Trinajstić information content (AvgIpc) is 3.04. The number of aromatic amines is 2. The Balaban J connectivity index is 1.96. The van der Waals surface area contributed by atoms with Gasteiger partial charge in [0.05, 0.1) is 28.8 Å². The van der Waals surface area contributed by atoms with E-state index in [2.05, 4.69) is 35.7 Å². The SMILES string of the molecule is Clc1cnc(Nc2cn[nH]c2)nc1-c1ccn[nH]1. The molecule has 7 nitrogen and oxygen atoms in total. The Morgan fingerprint density at radius 2 is 2.17 bits per heavy atom. The van der Waals surface area contributed by atoms with Crippen LogP contribution in [0.2, 0.25) is 5.02 Å².